The molecule has 2 atom stereocenters. The van der Waals surface area contributed by atoms with Gasteiger partial charge in [-0.1, -0.05) is 32.0 Å². The Kier molecular flexibility index (Phi) is 6.70. The Bertz CT molecular complexity index is 668. The third-order valence-corrected chi connectivity index (χ3v) is 3.63. The molecule has 1 N–H and O–H groups in total. The summed E-state index contributed by atoms with van der Waals surface area (Å²) < 4.78 is 11.1. The maximum absolute atomic E-state index is 12.3. The second-order valence-corrected chi connectivity index (χ2v) is 6.87. The van der Waals surface area contributed by atoms with E-state index in [1.807, 2.05) is 51.1 Å². The predicted octanol–water partition coefficient (Wildman–Crippen LogP) is 3.75. The largest absolute Gasteiger partial charge is 0.462 e. The van der Waals surface area contributed by atoms with Gasteiger partial charge in [0.05, 0.1) is 12.1 Å². The quantitative estimate of drug-likeness (QED) is 0.734. The van der Waals surface area contributed by atoms with E-state index in [4.69, 9.17) is 9.15 Å². The maximum atomic E-state index is 12.3. The molecule has 136 valence electrons. The monoisotopic (exact) mass is 345 g/mol. The predicted molar refractivity (Wildman–Crippen MR) is 95.8 cm³/mol. The summed E-state index contributed by atoms with van der Waals surface area (Å²) in [6.07, 6.45) is 0.530. The summed E-state index contributed by atoms with van der Waals surface area (Å²) in [4.78, 5) is 12.3. The van der Waals surface area contributed by atoms with Crippen LogP contribution in [-0.2, 0) is 9.53 Å². The zero-order valence-corrected chi connectivity index (χ0v) is 15.5. The van der Waals surface area contributed by atoms with Gasteiger partial charge in [-0.2, -0.15) is 0 Å². The summed E-state index contributed by atoms with van der Waals surface area (Å²) in [5, 5.41) is 11.5. The first-order chi connectivity index (χ1) is 11.9. The summed E-state index contributed by atoms with van der Waals surface area (Å²) in [6, 6.07) is 8.93. The van der Waals surface area contributed by atoms with Crippen LogP contribution in [0, 0.1) is 5.92 Å². The first-order valence-corrected chi connectivity index (χ1v) is 8.72. The Balaban J connectivity index is 2.08. The van der Waals surface area contributed by atoms with E-state index in [-0.39, 0.29) is 18.1 Å². The highest BCUT2D eigenvalue weighted by molar-refractivity contribution is 5.76. The molecule has 1 aromatic carbocycles. The number of nitrogens with zero attached hydrogens (tertiary/aromatic N) is 2. The van der Waals surface area contributed by atoms with Crippen molar-refractivity contribution in [2.75, 3.05) is 0 Å². The van der Waals surface area contributed by atoms with Crippen LogP contribution in [0.3, 0.4) is 0 Å². The number of carbonyl (C=O) groups is 1. The van der Waals surface area contributed by atoms with Gasteiger partial charge in [0.15, 0.2) is 0 Å². The normalized spacial score (nSPS) is 13.9. The van der Waals surface area contributed by atoms with E-state index < -0.39 is 6.04 Å². The van der Waals surface area contributed by atoms with Crippen LogP contribution in [0.4, 0.5) is 0 Å². The van der Waals surface area contributed by atoms with Crippen molar-refractivity contribution in [1.29, 1.82) is 0 Å². The van der Waals surface area contributed by atoms with Gasteiger partial charge in [-0.05, 0) is 45.2 Å². The number of rotatable bonds is 8. The van der Waals surface area contributed by atoms with Crippen LogP contribution < -0.4 is 5.32 Å². The standard InChI is InChI=1S/C19H27N3O3/c1-12(2)11-16(19(23)24-13(3)4)20-14(5)17-21-22-18(25-17)15-9-7-6-8-10-15/h6-10,12-14,16,20H,11H2,1-5H3/t14-,16-/m0/s1. The molecule has 1 heterocycles. The Morgan fingerprint density at radius 3 is 2.40 bits per heavy atom. The summed E-state index contributed by atoms with van der Waals surface area (Å²) in [5.74, 6) is 1.02. The molecule has 0 saturated carbocycles. The molecule has 0 fully saturated rings. The Morgan fingerprint density at radius 1 is 1.12 bits per heavy atom. The number of aromatic nitrogens is 2. The highest BCUT2D eigenvalue weighted by Gasteiger charge is 2.26. The number of hydrogen-bond acceptors (Lipinski definition) is 6. The third-order valence-electron chi connectivity index (χ3n) is 3.63. The summed E-state index contributed by atoms with van der Waals surface area (Å²) in [7, 11) is 0. The van der Waals surface area contributed by atoms with E-state index in [1.165, 1.54) is 0 Å². The average molecular weight is 345 g/mol. The van der Waals surface area contributed by atoms with Gasteiger partial charge in [-0.25, -0.2) is 0 Å². The van der Waals surface area contributed by atoms with E-state index in [9.17, 15) is 4.79 Å². The summed E-state index contributed by atoms with van der Waals surface area (Å²) >= 11 is 0. The zero-order valence-electron chi connectivity index (χ0n) is 15.5. The van der Waals surface area contributed by atoms with Gasteiger partial charge in [0, 0.05) is 5.56 Å². The lowest BCUT2D eigenvalue weighted by Gasteiger charge is -2.22. The van der Waals surface area contributed by atoms with E-state index in [0.717, 1.165) is 5.56 Å². The van der Waals surface area contributed by atoms with Gasteiger partial charge in [0.1, 0.15) is 6.04 Å². The molecule has 1 aromatic heterocycles. The Labute approximate surface area is 149 Å². The molecule has 0 radical (unpaired) electrons. The first kappa shape index (κ1) is 19.1. The first-order valence-electron chi connectivity index (χ1n) is 8.72. The molecule has 0 aliphatic rings. The minimum Gasteiger partial charge on any atom is -0.462 e. The fourth-order valence-electron chi connectivity index (χ4n) is 2.50. The number of ether oxygens (including phenoxy) is 1. The number of benzene rings is 1. The van der Waals surface area contributed by atoms with Gasteiger partial charge in [0.25, 0.3) is 0 Å². The molecular formula is C19H27N3O3. The average Bonchev–Trinajstić information content (AvgIpc) is 3.04. The molecule has 0 spiro atoms. The number of carbonyl (C=O) groups excluding carboxylic acids is 1. The lowest BCUT2D eigenvalue weighted by atomic mass is 10.0. The van der Waals surface area contributed by atoms with E-state index in [1.54, 1.807) is 0 Å². The number of hydrogen-bond donors (Lipinski definition) is 1. The molecule has 0 aliphatic heterocycles. The van der Waals surface area contributed by atoms with Crippen LogP contribution >= 0.6 is 0 Å². The van der Waals surface area contributed by atoms with Crippen molar-refractivity contribution >= 4 is 5.97 Å². The molecule has 6 nitrogen and oxygen atoms in total. The molecule has 0 saturated heterocycles. The second kappa shape index (κ2) is 8.76. The lowest BCUT2D eigenvalue weighted by molar-refractivity contribution is -0.150. The number of esters is 1. The fourth-order valence-corrected chi connectivity index (χ4v) is 2.50. The van der Waals surface area contributed by atoms with Gasteiger partial charge >= 0.3 is 5.97 Å². The Hall–Kier alpha value is -2.21. The zero-order chi connectivity index (χ0) is 18.4. The van der Waals surface area contributed by atoms with Crippen LogP contribution in [0.1, 0.15) is 53.0 Å². The SMILES string of the molecule is CC(C)C[C@H](N[C@@H](C)c1nnc(-c2ccccc2)o1)C(=O)OC(C)C. The van der Waals surface area contributed by atoms with E-state index in [0.29, 0.717) is 24.1 Å². The van der Waals surface area contributed by atoms with Crippen molar-refractivity contribution in [2.24, 2.45) is 5.92 Å². The minimum absolute atomic E-state index is 0.146. The topological polar surface area (TPSA) is 77.3 Å². The minimum atomic E-state index is -0.413. The van der Waals surface area contributed by atoms with Crippen LogP contribution in [0.15, 0.2) is 34.7 Å². The van der Waals surface area contributed by atoms with Crippen LogP contribution in [0.2, 0.25) is 0 Å². The van der Waals surface area contributed by atoms with Crippen molar-refractivity contribution < 1.29 is 13.9 Å². The highest BCUT2D eigenvalue weighted by atomic mass is 16.5. The van der Waals surface area contributed by atoms with Crippen LogP contribution in [-0.4, -0.2) is 28.3 Å². The molecule has 0 amide bonds. The van der Waals surface area contributed by atoms with Crippen molar-refractivity contribution in [3.05, 3.63) is 36.2 Å². The summed E-state index contributed by atoms with van der Waals surface area (Å²) in [5.41, 5.74) is 0.867. The third kappa shape index (κ3) is 5.67. The van der Waals surface area contributed by atoms with Gasteiger partial charge < -0.3 is 9.15 Å². The molecule has 0 bridgehead atoms. The van der Waals surface area contributed by atoms with Gasteiger partial charge in [-0.3, -0.25) is 10.1 Å². The summed E-state index contributed by atoms with van der Waals surface area (Å²) in [6.45, 7) is 9.73. The molecule has 0 aliphatic carbocycles. The maximum Gasteiger partial charge on any atom is 0.323 e. The molecular weight excluding hydrogens is 318 g/mol. The molecule has 25 heavy (non-hydrogen) atoms. The number of nitrogens with one attached hydrogen (secondary N) is 1. The highest BCUT2D eigenvalue weighted by Crippen LogP contribution is 2.21. The fraction of sp³-hybridized carbons (Fsp3) is 0.526. The van der Waals surface area contributed by atoms with Crippen molar-refractivity contribution in [3.63, 3.8) is 0 Å². The van der Waals surface area contributed by atoms with Gasteiger partial charge in [0.2, 0.25) is 11.8 Å². The lowest BCUT2D eigenvalue weighted by Crippen LogP contribution is -2.41. The molecule has 6 heteroatoms. The van der Waals surface area contributed by atoms with Crippen molar-refractivity contribution in [2.45, 2.75) is 59.2 Å². The van der Waals surface area contributed by atoms with E-state index in [2.05, 4.69) is 29.4 Å². The van der Waals surface area contributed by atoms with Crippen LogP contribution in [0.25, 0.3) is 11.5 Å². The smallest absolute Gasteiger partial charge is 0.323 e. The molecule has 2 rings (SSSR count). The van der Waals surface area contributed by atoms with Gasteiger partial charge in [-0.15, -0.1) is 10.2 Å². The molecule has 0 unspecified atom stereocenters. The van der Waals surface area contributed by atoms with E-state index >= 15 is 0 Å². The second-order valence-electron chi connectivity index (χ2n) is 6.87. The molecule has 2 aromatic rings. The Morgan fingerprint density at radius 2 is 1.80 bits per heavy atom. The van der Waals surface area contributed by atoms with Crippen LogP contribution in [0.5, 0.6) is 0 Å². The van der Waals surface area contributed by atoms with Crippen molar-refractivity contribution in [1.82, 2.24) is 15.5 Å². The van der Waals surface area contributed by atoms with Crippen molar-refractivity contribution in [3.8, 4) is 11.5 Å².